The van der Waals surface area contributed by atoms with E-state index in [1.807, 2.05) is 6.07 Å². The molecule has 0 bridgehead atoms. The van der Waals surface area contributed by atoms with Gasteiger partial charge in [0.15, 0.2) is 0 Å². The van der Waals surface area contributed by atoms with Crippen LogP contribution in [0.2, 0.25) is 0 Å². The molecule has 0 radical (unpaired) electrons. The van der Waals surface area contributed by atoms with E-state index in [1.54, 1.807) is 23.9 Å². The number of carbonyl (C=O) groups excluding carboxylic acids is 1. The Morgan fingerprint density at radius 3 is 3.00 bits per heavy atom. The Morgan fingerprint density at radius 2 is 2.33 bits per heavy atom. The van der Waals surface area contributed by atoms with Crippen molar-refractivity contribution in [1.29, 1.82) is 5.26 Å². The first kappa shape index (κ1) is 14.2. The molecule has 2 aliphatic rings. The van der Waals surface area contributed by atoms with Crippen molar-refractivity contribution in [2.24, 2.45) is 18.4 Å². The summed E-state index contributed by atoms with van der Waals surface area (Å²) < 4.78 is 13.2. The van der Waals surface area contributed by atoms with Crippen molar-refractivity contribution in [3.63, 3.8) is 0 Å². The van der Waals surface area contributed by atoms with Crippen molar-refractivity contribution in [2.45, 2.75) is 38.9 Å². The van der Waals surface area contributed by atoms with Gasteiger partial charge in [-0.05, 0) is 18.9 Å². The minimum absolute atomic E-state index is 0.115. The zero-order chi connectivity index (χ0) is 15.2. The number of esters is 1. The summed E-state index contributed by atoms with van der Waals surface area (Å²) in [7, 11) is 1.75. The molecule has 5 heteroatoms. The smallest absolute Gasteiger partial charge is 0.355 e. The summed E-state index contributed by atoms with van der Waals surface area (Å²) in [5.41, 5.74) is 0.739. The predicted molar refractivity (Wildman–Crippen MR) is 75.6 cm³/mol. The lowest BCUT2D eigenvalue weighted by Gasteiger charge is -2.58. The summed E-state index contributed by atoms with van der Waals surface area (Å²) in [6.45, 7) is 4.97. The molecule has 21 heavy (non-hydrogen) atoms. The van der Waals surface area contributed by atoms with Gasteiger partial charge < -0.3 is 14.0 Å². The number of ether oxygens (including phenoxy) is 2. The Labute approximate surface area is 124 Å². The maximum Gasteiger partial charge on any atom is 0.355 e. The lowest BCUT2D eigenvalue weighted by atomic mass is 9.57. The highest BCUT2D eigenvalue weighted by Crippen LogP contribution is 2.53. The minimum atomic E-state index is -0.360. The van der Waals surface area contributed by atoms with Gasteiger partial charge in [0.1, 0.15) is 17.9 Å². The monoisotopic (exact) mass is 288 g/mol. The fourth-order valence-electron chi connectivity index (χ4n) is 3.72. The molecule has 1 saturated carbocycles. The van der Waals surface area contributed by atoms with Gasteiger partial charge in [-0.1, -0.05) is 13.8 Å². The Morgan fingerprint density at radius 1 is 1.57 bits per heavy atom. The van der Waals surface area contributed by atoms with E-state index in [0.29, 0.717) is 17.2 Å². The fraction of sp³-hybridized carbons (Fsp3) is 0.625. The van der Waals surface area contributed by atoms with Gasteiger partial charge in [0, 0.05) is 31.2 Å². The largest absolute Gasteiger partial charge is 0.457 e. The van der Waals surface area contributed by atoms with Crippen LogP contribution in [0.15, 0.2) is 12.3 Å². The van der Waals surface area contributed by atoms with Gasteiger partial charge in [0.25, 0.3) is 0 Å². The summed E-state index contributed by atoms with van der Waals surface area (Å²) >= 11 is 0. The molecular weight excluding hydrogens is 268 g/mol. The van der Waals surface area contributed by atoms with Crippen molar-refractivity contribution < 1.29 is 14.3 Å². The zero-order valence-corrected chi connectivity index (χ0v) is 12.6. The van der Waals surface area contributed by atoms with E-state index in [9.17, 15) is 4.79 Å². The number of fused-ring (bicyclic) bond motifs is 1. The van der Waals surface area contributed by atoms with E-state index in [2.05, 4.69) is 13.8 Å². The summed E-state index contributed by atoms with van der Waals surface area (Å²) in [6.07, 6.45) is 3.77. The number of aromatic nitrogens is 1. The van der Waals surface area contributed by atoms with Crippen molar-refractivity contribution in [3.8, 4) is 6.07 Å². The van der Waals surface area contributed by atoms with Crippen molar-refractivity contribution in [3.05, 3.63) is 23.5 Å². The second kappa shape index (κ2) is 4.88. The number of hydrogen-bond acceptors (Lipinski definition) is 4. The molecule has 5 nitrogen and oxygen atoms in total. The number of aryl methyl sites for hydroxylation is 1. The number of nitrogens with zero attached hydrogens (tertiary/aromatic N) is 2. The van der Waals surface area contributed by atoms with Crippen molar-refractivity contribution >= 4 is 5.97 Å². The molecule has 2 heterocycles. The van der Waals surface area contributed by atoms with Crippen LogP contribution in [0.25, 0.3) is 0 Å². The molecule has 3 atom stereocenters. The molecule has 3 rings (SSSR count). The summed E-state index contributed by atoms with van der Waals surface area (Å²) in [5, 5.41) is 8.90. The number of hydrogen-bond donors (Lipinski definition) is 0. The van der Waals surface area contributed by atoms with Crippen LogP contribution < -0.4 is 0 Å². The molecule has 0 amide bonds. The highest BCUT2D eigenvalue weighted by molar-refractivity contribution is 5.88. The molecule has 1 aliphatic carbocycles. The second-order valence-electron chi connectivity index (χ2n) is 6.58. The molecule has 2 fully saturated rings. The Kier molecular flexibility index (Phi) is 3.29. The third kappa shape index (κ3) is 2.14. The van der Waals surface area contributed by atoms with E-state index in [0.717, 1.165) is 19.4 Å². The van der Waals surface area contributed by atoms with Crippen molar-refractivity contribution in [1.82, 2.24) is 4.57 Å². The molecule has 0 spiro atoms. The van der Waals surface area contributed by atoms with Crippen LogP contribution in [0.1, 0.15) is 42.7 Å². The lowest BCUT2D eigenvalue weighted by Crippen LogP contribution is -2.65. The first-order chi connectivity index (χ1) is 9.95. The van der Waals surface area contributed by atoms with Crippen LogP contribution in [0, 0.1) is 22.7 Å². The normalized spacial score (nSPS) is 29.9. The SMILES string of the molecule is Cn1cc(C#N)cc1C(=O)O[C@@H]1[C@@H]2CCCO[C@@H]2C1(C)C. The average molecular weight is 288 g/mol. The molecule has 1 aliphatic heterocycles. The summed E-state index contributed by atoms with van der Waals surface area (Å²) in [4.78, 5) is 12.4. The molecule has 1 aromatic rings. The van der Waals surface area contributed by atoms with Crippen LogP contribution >= 0.6 is 0 Å². The van der Waals surface area contributed by atoms with Gasteiger partial charge >= 0.3 is 5.97 Å². The molecule has 0 unspecified atom stereocenters. The summed E-state index contributed by atoms with van der Waals surface area (Å²) in [6, 6.07) is 3.61. The Balaban J connectivity index is 1.75. The highest BCUT2D eigenvalue weighted by atomic mass is 16.6. The molecule has 1 saturated heterocycles. The third-order valence-electron chi connectivity index (χ3n) is 4.80. The van der Waals surface area contributed by atoms with Gasteiger partial charge in [-0.2, -0.15) is 5.26 Å². The molecule has 112 valence electrons. The average Bonchev–Trinajstić information content (AvgIpc) is 2.86. The lowest BCUT2D eigenvalue weighted by molar-refractivity contribution is -0.243. The minimum Gasteiger partial charge on any atom is -0.457 e. The van der Waals surface area contributed by atoms with Gasteiger partial charge in [0.2, 0.25) is 0 Å². The topological polar surface area (TPSA) is 64.2 Å². The quantitative estimate of drug-likeness (QED) is 0.783. The van der Waals surface area contributed by atoms with Gasteiger partial charge in [-0.3, -0.25) is 0 Å². The first-order valence-electron chi connectivity index (χ1n) is 7.34. The zero-order valence-electron chi connectivity index (χ0n) is 12.6. The number of nitriles is 1. The van der Waals surface area contributed by atoms with Crippen LogP contribution in [-0.4, -0.2) is 29.4 Å². The maximum atomic E-state index is 12.4. The first-order valence-corrected chi connectivity index (χ1v) is 7.34. The standard InChI is InChI=1S/C16H20N2O3/c1-16(2)13-11(5-4-6-20-13)14(16)21-15(19)12-7-10(8-17)9-18(12)3/h7,9,11,13-14H,4-6H2,1-3H3/t11-,13+,14-/m1/s1. The Bertz CT molecular complexity index is 612. The maximum absolute atomic E-state index is 12.4. The van der Waals surface area contributed by atoms with Crippen LogP contribution in [0.5, 0.6) is 0 Å². The second-order valence-corrected chi connectivity index (χ2v) is 6.58. The van der Waals surface area contributed by atoms with Crippen LogP contribution in [0.4, 0.5) is 0 Å². The molecular formula is C16H20N2O3. The number of rotatable bonds is 2. The van der Waals surface area contributed by atoms with Crippen LogP contribution in [0.3, 0.4) is 0 Å². The molecule has 1 aromatic heterocycles. The van der Waals surface area contributed by atoms with E-state index in [4.69, 9.17) is 14.7 Å². The summed E-state index contributed by atoms with van der Waals surface area (Å²) in [5.74, 6) is -0.0606. The molecule has 0 aromatic carbocycles. The van der Waals surface area contributed by atoms with E-state index in [-0.39, 0.29) is 23.6 Å². The van der Waals surface area contributed by atoms with Crippen LogP contribution in [-0.2, 0) is 16.5 Å². The van der Waals surface area contributed by atoms with E-state index in [1.165, 1.54) is 0 Å². The number of carbonyl (C=O) groups is 1. The van der Waals surface area contributed by atoms with Gasteiger partial charge in [-0.25, -0.2) is 4.79 Å². The van der Waals surface area contributed by atoms with Gasteiger partial charge in [-0.15, -0.1) is 0 Å². The van der Waals surface area contributed by atoms with Crippen molar-refractivity contribution in [2.75, 3.05) is 6.61 Å². The van der Waals surface area contributed by atoms with Gasteiger partial charge in [0.05, 0.1) is 11.7 Å². The third-order valence-corrected chi connectivity index (χ3v) is 4.80. The highest BCUT2D eigenvalue weighted by Gasteiger charge is 2.60. The fourth-order valence-corrected chi connectivity index (χ4v) is 3.72. The Hall–Kier alpha value is -1.80. The predicted octanol–water partition coefficient (Wildman–Crippen LogP) is 2.26. The molecule has 0 N–H and O–H groups in total. The van der Waals surface area contributed by atoms with E-state index < -0.39 is 0 Å². The van der Waals surface area contributed by atoms with E-state index >= 15 is 0 Å².